The zero-order valence-corrected chi connectivity index (χ0v) is 13.1. The Bertz CT molecular complexity index is 382. The first-order chi connectivity index (χ1) is 9.71. The maximum atomic E-state index is 12.1. The molecule has 3 nitrogen and oxygen atoms in total. The third-order valence-corrected chi connectivity index (χ3v) is 3.65. The van der Waals surface area contributed by atoms with Gasteiger partial charge in [0.05, 0.1) is 32.7 Å². The summed E-state index contributed by atoms with van der Waals surface area (Å²) in [6.45, 7) is 10.3. The van der Waals surface area contributed by atoms with Crippen molar-refractivity contribution in [3.63, 3.8) is 0 Å². The van der Waals surface area contributed by atoms with Gasteiger partial charge in [-0.25, -0.2) is 0 Å². The molecule has 1 aromatic carbocycles. The van der Waals surface area contributed by atoms with Gasteiger partial charge in [-0.15, -0.1) is 0 Å². The molecule has 0 atom stereocenters. The second-order valence-electron chi connectivity index (χ2n) is 5.11. The highest BCUT2D eigenvalue weighted by atomic mass is 16.5. The van der Waals surface area contributed by atoms with Crippen molar-refractivity contribution in [1.82, 2.24) is 0 Å². The van der Waals surface area contributed by atoms with Crippen LogP contribution in [0.1, 0.15) is 50.4 Å². The maximum absolute atomic E-state index is 12.1. The zero-order valence-electron chi connectivity index (χ0n) is 13.1. The summed E-state index contributed by atoms with van der Waals surface area (Å²) >= 11 is 0. The summed E-state index contributed by atoms with van der Waals surface area (Å²) in [5.74, 6) is 1.08. The average molecular weight is 278 g/mol. The summed E-state index contributed by atoms with van der Waals surface area (Å²) in [4.78, 5) is 13.6. The quantitative estimate of drug-likeness (QED) is 0.526. The second-order valence-corrected chi connectivity index (χ2v) is 5.11. The minimum Gasteiger partial charge on any atom is -0.494 e. The lowest BCUT2D eigenvalue weighted by Crippen LogP contribution is -3.11. The van der Waals surface area contributed by atoms with E-state index >= 15 is 0 Å². The molecule has 0 aliphatic heterocycles. The van der Waals surface area contributed by atoms with Crippen LogP contribution >= 0.6 is 0 Å². The predicted octanol–water partition coefficient (Wildman–Crippen LogP) is 2.36. The lowest BCUT2D eigenvalue weighted by Gasteiger charge is -2.14. The van der Waals surface area contributed by atoms with E-state index < -0.39 is 0 Å². The van der Waals surface area contributed by atoms with Gasteiger partial charge in [0.2, 0.25) is 0 Å². The van der Waals surface area contributed by atoms with E-state index in [-0.39, 0.29) is 5.78 Å². The predicted molar refractivity (Wildman–Crippen MR) is 82.7 cm³/mol. The number of ketones is 1. The minimum atomic E-state index is 0.226. The fourth-order valence-corrected chi connectivity index (χ4v) is 2.11. The minimum absolute atomic E-state index is 0.226. The molecule has 1 rings (SSSR count). The standard InChI is InChI=1S/C17H27NO2/c1-4-7-14-20-16-10-8-15(9-11-16)17(19)12-13-18(5-2)6-3/h8-11H,4-7,12-14H2,1-3H3/p+1. The van der Waals surface area contributed by atoms with Crippen LogP contribution in [0.3, 0.4) is 0 Å². The van der Waals surface area contributed by atoms with E-state index in [9.17, 15) is 4.79 Å². The van der Waals surface area contributed by atoms with E-state index in [0.717, 1.165) is 50.4 Å². The Kier molecular flexibility index (Phi) is 7.97. The summed E-state index contributed by atoms with van der Waals surface area (Å²) in [6.07, 6.45) is 2.81. The number of carbonyl (C=O) groups is 1. The Hall–Kier alpha value is -1.35. The Morgan fingerprint density at radius 2 is 1.75 bits per heavy atom. The average Bonchev–Trinajstić information content (AvgIpc) is 2.49. The largest absolute Gasteiger partial charge is 0.494 e. The van der Waals surface area contributed by atoms with E-state index in [4.69, 9.17) is 4.74 Å². The van der Waals surface area contributed by atoms with Crippen molar-refractivity contribution in [3.8, 4) is 5.75 Å². The van der Waals surface area contributed by atoms with E-state index in [1.54, 1.807) is 0 Å². The first kappa shape index (κ1) is 16.7. The first-order valence-corrected chi connectivity index (χ1v) is 7.80. The molecule has 0 radical (unpaired) electrons. The van der Waals surface area contributed by atoms with Crippen molar-refractivity contribution in [2.24, 2.45) is 0 Å². The number of unbranched alkanes of at least 4 members (excludes halogenated alkanes) is 1. The monoisotopic (exact) mass is 278 g/mol. The molecule has 0 aliphatic rings. The normalized spacial score (nSPS) is 10.8. The van der Waals surface area contributed by atoms with Gasteiger partial charge < -0.3 is 9.64 Å². The smallest absolute Gasteiger partial charge is 0.168 e. The van der Waals surface area contributed by atoms with Gasteiger partial charge in [-0.3, -0.25) is 4.79 Å². The highest BCUT2D eigenvalue weighted by Gasteiger charge is 2.10. The maximum Gasteiger partial charge on any atom is 0.168 e. The summed E-state index contributed by atoms with van der Waals surface area (Å²) in [5, 5.41) is 0. The van der Waals surface area contributed by atoms with Crippen LogP contribution in [0.5, 0.6) is 5.75 Å². The molecule has 0 saturated heterocycles. The summed E-state index contributed by atoms with van der Waals surface area (Å²) in [5.41, 5.74) is 0.791. The Balaban J connectivity index is 2.44. The molecule has 0 bridgehead atoms. The summed E-state index contributed by atoms with van der Waals surface area (Å²) in [7, 11) is 0. The first-order valence-electron chi connectivity index (χ1n) is 7.80. The molecular weight excluding hydrogens is 250 g/mol. The summed E-state index contributed by atoms with van der Waals surface area (Å²) < 4.78 is 5.60. The van der Waals surface area contributed by atoms with Crippen molar-refractivity contribution in [3.05, 3.63) is 29.8 Å². The van der Waals surface area contributed by atoms with Gasteiger partial charge >= 0.3 is 0 Å². The second kappa shape index (κ2) is 9.54. The molecule has 0 saturated carbocycles. The number of Topliss-reactive ketones (excluding diaryl/α,β-unsaturated/α-hetero) is 1. The lowest BCUT2D eigenvalue weighted by atomic mass is 10.1. The number of rotatable bonds is 10. The number of ether oxygens (including phenoxy) is 1. The van der Waals surface area contributed by atoms with Crippen LogP contribution in [-0.4, -0.2) is 32.0 Å². The van der Waals surface area contributed by atoms with Crippen molar-refractivity contribution in [1.29, 1.82) is 0 Å². The van der Waals surface area contributed by atoms with Gasteiger partial charge in [0.25, 0.3) is 0 Å². The van der Waals surface area contributed by atoms with Crippen LogP contribution < -0.4 is 9.64 Å². The van der Waals surface area contributed by atoms with Gasteiger partial charge in [-0.2, -0.15) is 0 Å². The van der Waals surface area contributed by atoms with Crippen molar-refractivity contribution < 1.29 is 14.4 Å². The molecule has 0 unspecified atom stereocenters. The van der Waals surface area contributed by atoms with Gasteiger partial charge in [0, 0.05) is 5.56 Å². The highest BCUT2D eigenvalue weighted by molar-refractivity contribution is 5.96. The molecule has 0 heterocycles. The van der Waals surface area contributed by atoms with Gasteiger partial charge in [-0.05, 0) is 44.5 Å². The zero-order chi connectivity index (χ0) is 14.8. The molecule has 3 heteroatoms. The number of benzene rings is 1. The lowest BCUT2D eigenvalue weighted by molar-refractivity contribution is -0.895. The number of carbonyl (C=O) groups excluding carboxylic acids is 1. The fraction of sp³-hybridized carbons (Fsp3) is 0.588. The molecule has 0 fully saturated rings. The molecule has 0 amide bonds. The van der Waals surface area contributed by atoms with E-state index in [1.807, 2.05) is 24.3 Å². The third-order valence-electron chi connectivity index (χ3n) is 3.65. The van der Waals surface area contributed by atoms with Crippen LogP contribution in [0.15, 0.2) is 24.3 Å². The van der Waals surface area contributed by atoms with Crippen LogP contribution in [0, 0.1) is 0 Å². The SMILES string of the molecule is CCCCOc1ccc(C(=O)CC[NH+](CC)CC)cc1. The van der Waals surface area contributed by atoms with Crippen molar-refractivity contribution in [2.45, 2.75) is 40.0 Å². The molecule has 0 aromatic heterocycles. The van der Waals surface area contributed by atoms with Crippen LogP contribution in [0.2, 0.25) is 0 Å². The Morgan fingerprint density at radius 1 is 1.10 bits per heavy atom. The molecule has 0 spiro atoms. The van der Waals surface area contributed by atoms with E-state index in [0.29, 0.717) is 6.42 Å². The molecule has 0 aliphatic carbocycles. The molecule has 1 aromatic rings. The molecule has 112 valence electrons. The van der Waals surface area contributed by atoms with Crippen LogP contribution in [0.25, 0.3) is 0 Å². The Labute approximate surface area is 122 Å². The third kappa shape index (κ3) is 5.74. The van der Waals surface area contributed by atoms with Crippen molar-refractivity contribution in [2.75, 3.05) is 26.2 Å². The molecule has 1 N–H and O–H groups in total. The number of hydrogen-bond acceptors (Lipinski definition) is 2. The topological polar surface area (TPSA) is 30.7 Å². The van der Waals surface area contributed by atoms with Gasteiger partial charge in [0.1, 0.15) is 5.75 Å². The number of quaternary nitrogens is 1. The van der Waals surface area contributed by atoms with E-state index in [1.165, 1.54) is 4.90 Å². The van der Waals surface area contributed by atoms with Gasteiger partial charge in [0.15, 0.2) is 5.78 Å². The molecule has 20 heavy (non-hydrogen) atoms. The van der Waals surface area contributed by atoms with Gasteiger partial charge in [-0.1, -0.05) is 13.3 Å². The van der Waals surface area contributed by atoms with E-state index in [2.05, 4.69) is 20.8 Å². The fourth-order valence-electron chi connectivity index (χ4n) is 2.11. The number of nitrogens with one attached hydrogen (secondary N) is 1. The van der Waals surface area contributed by atoms with Crippen LogP contribution in [0.4, 0.5) is 0 Å². The highest BCUT2D eigenvalue weighted by Crippen LogP contribution is 2.13. The Morgan fingerprint density at radius 3 is 2.30 bits per heavy atom. The van der Waals surface area contributed by atoms with Crippen LogP contribution in [-0.2, 0) is 0 Å². The molecular formula is C17H28NO2+. The van der Waals surface area contributed by atoms with Crippen molar-refractivity contribution >= 4 is 5.78 Å². The summed E-state index contributed by atoms with van der Waals surface area (Å²) in [6, 6.07) is 7.54. The number of hydrogen-bond donors (Lipinski definition) is 1.